The van der Waals surface area contributed by atoms with Crippen LogP contribution in [0.25, 0.3) is 0 Å². The second-order valence-electron chi connectivity index (χ2n) is 5.72. The van der Waals surface area contributed by atoms with E-state index >= 15 is 0 Å². The summed E-state index contributed by atoms with van der Waals surface area (Å²) in [5.74, 6) is 2.86. The zero-order chi connectivity index (χ0) is 11.3. The minimum Gasteiger partial charge on any atom is -0.0888 e. The first-order valence-electron chi connectivity index (χ1n) is 6.77. The monoisotopic (exact) mass is 274 g/mol. The van der Waals surface area contributed by atoms with Crippen LogP contribution in [0.1, 0.15) is 65.7 Å². The zero-order valence-corrected chi connectivity index (χ0v) is 12.2. The molecule has 3 unspecified atom stereocenters. The molecule has 0 heterocycles. The molecule has 0 spiro atoms. The molecule has 0 aromatic heterocycles. The molecular weight excluding hydrogens is 248 g/mol. The maximum atomic E-state index is 3.88. The van der Waals surface area contributed by atoms with Crippen LogP contribution in [0.4, 0.5) is 0 Å². The minimum absolute atomic E-state index is 0.810. The summed E-state index contributed by atoms with van der Waals surface area (Å²) in [4.78, 5) is 0.810. The van der Waals surface area contributed by atoms with Gasteiger partial charge in [0.05, 0.1) is 0 Å². The fourth-order valence-electron chi connectivity index (χ4n) is 2.84. The number of hydrogen-bond acceptors (Lipinski definition) is 0. The van der Waals surface area contributed by atoms with E-state index < -0.39 is 0 Å². The van der Waals surface area contributed by atoms with Crippen molar-refractivity contribution in [3.63, 3.8) is 0 Å². The highest BCUT2D eigenvalue weighted by atomic mass is 79.9. The van der Waals surface area contributed by atoms with E-state index in [1.807, 2.05) is 0 Å². The third-order valence-corrected chi connectivity index (χ3v) is 5.02. The summed E-state index contributed by atoms with van der Waals surface area (Å²) >= 11 is 3.88. The van der Waals surface area contributed by atoms with Gasteiger partial charge in [-0.2, -0.15) is 0 Å². The van der Waals surface area contributed by atoms with Gasteiger partial charge >= 0.3 is 0 Å². The molecule has 0 aromatic rings. The van der Waals surface area contributed by atoms with Crippen molar-refractivity contribution in [3.05, 3.63) is 0 Å². The standard InChI is InChI=1S/C14H27Br/c1-4-5-12-7-9-14(15)13(10-12)8-6-11(2)3/h11-14H,4-10H2,1-3H3. The van der Waals surface area contributed by atoms with Crippen LogP contribution in [0.5, 0.6) is 0 Å². The Morgan fingerprint density at radius 1 is 1.20 bits per heavy atom. The van der Waals surface area contributed by atoms with Gasteiger partial charge in [0.25, 0.3) is 0 Å². The van der Waals surface area contributed by atoms with Crippen molar-refractivity contribution in [2.75, 3.05) is 0 Å². The summed E-state index contributed by atoms with van der Waals surface area (Å²) in [6.45, 7) is 7.01. The maximum absolute atomic E-state index is 3.88. The normalized spacial score (nSPS) is 32.2. The van der Waals surface area contributed by atoms with E-state index in [0.29, 0.717) is 0 Å². The fourth-order valence-corrected chi connectivity index (χ4v) is 3.59. The Labute approximate surface area is 104 Å². The Balaban J connectivity index is 2.32. The van der Waals surface area contributed by atoms with Crippen LogP contribution in [0, 0.1) is 17.8 Å². The lowest BCUT2D eigenvalue weighted by molar-refractivity contribution is 0.244. The molecule has 1 aliphatic rings. The Bertz CT molecular complexity index is 165. The molecule has 0 saturated heterocycles. The first-order chi connectivity index (χ1) is 7.13. The van der Waals surface area contributed by atoms with Gasteiger partial charge in [-0.1, -0.05) is 56.0 Å². The zero-order valence-electron chi connectivity index (χ0n) is 10.6. The van der Waals surface area contributed by atoms with Gasteiger partial charge in [-0.3, -0.25) is 0 Å². The molecule has 1 heteroatoms. The van der Waals surface area contributed by atoms with Gasteiger partial charge in [0, 0.05) is 4.83 Å². The van der Waals surface area contributed by atoms with Gasteiger partial charge in [0.2, 0.25) is 0 Å². The molecule has 1 fully saturated rings. The number of rotatable bonds is 5. The Morgan fingerprint density at radius 3 is 2.53 bits per heavy atom. The minimum atomic E-state index is 0.810. The maximum Gasteiger partial charge on any atom is 0.0174 e. The lowest BCUT2D eigenvalue weighted by Gasteiger charge is -2.33. The third kappa shape index (κ3) is 4.89. The van der Waals surface area contributed by atoms with E-state index in [-0.39, 0.29) is 0 Å². The summed E-state index contributed by atoms with van der Waals surface area (Å²) in [6, 6.07) is 0. The molecule has 0 aliphatic heterocycles. The van der Waals surface area contributed by atoms with Crippen LogP contribution >= 0.6 is 15.9 Å². The molecule has 3 atom stereocenters. The lowest BCUT2D eigenvalue weighted by Crippen LogP contribution is -2.25. The number of alkyl halides is 1. The number of hydrogen-bond donors (Lipinski definition) is 0. The molecule has 0 aromatic carbocycles. The van der Waals surface area contributed by atoms with E-state index in [2.05, 4.69) is 36.7 Å². The molecule has 15 heavy (non-hydrogen) atoms. The molecule has 1 rings (SSSR count). The Morgan fingerprint density at radius 2 is 1.93 bits per heavy atom. The molecule has 0 radical (unpaired) electrons. The van der Waals surface area contributed by atoms with Gasteiger partial charge < -0.3 is 0 Å². The first-order valence-corrected chi connectivity index (χ1v) is 7.69. The summed E-state index contributed by atoms with van der Waals surface area (Å²) in [7, 11) is 0. The molecule has 1 aliphatic carbocycles. The van der Waals surface area contributed by atoms with E-state index in [4.69, 9.17) is 0 Å². The first kappa shape index (κ1) is 13.5. The molecule has 0 bridgehead atoms. The SMILES string of the molecule is CCCC1CCC(Br)C(CCC(C)C)C1. The third-order valence-electron chi connectivity index (χ3n) is 3.81. The van der Waals surface area contributed by atoms with E-state index in [0.717, 1.165) is 22.6 Å². The summed E-state index contributed by atoms with van der Waals surface area (Å²) in [5.41, 5.74) is 0. The summed E-state index contributed by atoms with van der Waals surface area (Å²) in [6.07, 6.45) is 10.0. The van der Waals surface area contributed by atoms with Gasteiger partial charge in [-0.25, -0.2) is 0 Å². The van der Waals surface area contributed by atoms with Gasteiger partial charge in [0.15, 0.2) is 0 Å². The molecule has 1 saturated carbocycles. The average Bonchev–Trinajstić information content (AvgIpc) is 2.19. The van der Waals surface area contributed by atoms with Crippen LogP contribution in [0.2, 0.25) is 0 Å². The van der Waals surface area contributed by atoms with Crippen molar-refractivity contribution in [3.8, 4) is 0 Å². The Kier molecular flexibility index (Phi) is 6.26. The van der Waals surface area contributed by atoms with Crippen LogP contribution in [0.15, 0.2) is 0 Å². The van der Waals surface area contributed by atoms with Gasteiger partial charge in [-0.15, -0.1) is 0 Å². The van der Waals surface area contributed by atoms with Gasteiger partial charge in [-0.05, 0) is 43.4 Å². The van der Waals surface area contributed by atoms with Crippen LogP contribution in [0.3, 0.4) is 0 Å². The molecular formula is C14H27Br. The fraction of sp³-hybridized carbons (Fsp3) is 1.00. The van der Waals surface area contributed by atoms with E-state index in [1.54, 1.807) is 0 Å². The number of halogens is 1. The second kappa shape index (κ2) is 6.93. The van der Waals surface area contributed by atoms with Crippen molar-refractivity contribution in [1.82, 2.24) is 0 Å². The van der Waals surface area contributed by atoms with Crippen LogP contribution in [-0.2, 0) is 0 Å². The average molecular weight is 275 g/mol. The molecule has 0 N–H and O–H groups in total. The second-order valence-corrected chi connectivity index (χ2v) is 6.89. The van der Waals surface area contributed by atoms with Crippen molar-refractivity contribution < 1.29 is 0 Å². The van der Waals surface area contributed by atoms with E-state index in [1.165, 1.54) is 44.9 Å². The topological polar surface area (TPSA) is 0 Å². The molecule has 0 nitrogen and oxygen atoms in total. The highest BCUT2D eigenvalue weighted by Gasteiger charge is 2.27. The van der Waals surface area contributed by atoms with Crippen molar-refractivity contribution >= 4 is 15.9 Å². The summed E-state index contributed by atoms with van der Waals surface area (Å²) < 4.78 is 0. The predicted molar refractivity (Wildman–Crippen MR) is 72.5 cm³/mol. The predicted octanol–water partition coefficient (Wildman–Crippen LogP) is 5.40. The lowest BCUT2D eigenvalue weighted by atomic mass is 9.77. The van der Waals surface area contributed by atoms with Crippen LogP contribution in [-0.4, -0.2) is 4.83 Å². The molecule has 90 valence electrons. The molecule has 0 amide bonds. The quantitative estimate of drug-likeness (QED) is 0.589. The largest absolute Gasteiger partial charge is 0.0888 e. The van der Waals surface area contributed by atoms with Gasteiger partial charge in [0.1, 0.15) is 0 Å². The highest BCUT2D eigenvalue weighted by Crippen LogP contribution is 2.38. The van der Waals surface area contributed by atoms with Crippen molar-refractivity contribution in [2.24, 2.45) is 17.8 Å². The highest BCUT2D eigenvalue weighted by molar-refractivity contribution is 9.09. The smallest absolute Gasteiger partial charge is 0.0174 e. The Hall–Kier alpha value is 0.480. The van der Waals surface area contributed by atoms with Crippen molar-refractivity contribution in [1.29, 1.82) is 0 Å². The van der Waals surface area contributed by atoms with Crippen LogP contribution < -0.4 is 0 Å². The van der Waals surface area contributed by atoms with Crippen molar-refractivity contribution in [2.45, 2.75) is 70.5 Å². The van der Waals surface area contributed by atoms with E-state index in [9.17, 15) is 0 Å². The summed E-state index contributed by atoms with van der Waals surface area (Å²) in [5, 5.41) is 0.